The highest BCUT2D eigenvalue weighted by Crippen LogP contribution is 2.32. The zero-order valence-corrected chi connectivity index (χ0v) is 14.4. The Hall–Kier alpha value is -1.22. The van der Waals surface area contributed by atoms with Gasteiger partial charge in [0.1, 0.15) is 0 Å². The van der Waals surface area contributed by atoms with Crippen LogP contribution in [0.5, 0.6) is 11.5 Å². The zero-order valence-electron chi connectivity index (χ0n) is 12.8. The van der Waals surface area contributed by atoms with Crippen LogP contribution in [0.1, 0.15) is 31.2 Å². The van der Waals surface area contributed by atoms with E-state index >= 15 is 0 Å². The average molecular weight is 351 g/mol. The number of aryl methyl sites for hydroxylation is 1. The van der Waals surface area contributed by atoms with Gasteiger partial charge >= 0.3 is 0 Å². The molecule has 0 saturated heterocycles. The molecule has 0 radical (unpaired) electrons. The summed E-state index contributed by atoms with van der Waals surface area (Å²) >= 11 is 3.48. The highest BCUT2D eigenvalue weighted by Gasteiger charge is 2.06. The Morgan fingerprint density at radius 1 is 0.810 bits per heavy atom. The van der Waals surface area contributed by atoms with Gasteiger partial charge in [-0.1, -0.05) is 47.0 Å². The second-order valence-electron chi connectivity index (χ2n) is 5.24. The van der Waals surface area contributed by atoms with Gasteiger partial charge in [0, 0.05) is 5.33 Å². The van der Waals surface area contributed by atoms with Gasteiger partial charge in [0.05, 0.1) is 14.2 Å². The van der Waals surface area contributed by atoms with Crippen molar-refractivity contribution in [2.75, 3.05) is 19.5 Å². The SMILES string of the molecule is COc1cc2ccc(CCCCCCBr)cc2cc1OC. The minimum Gasteiger partial charge on any atom is -0.493 e. The molecule has 0 atom stereocenters. The summed E-state index contributed by atoms with van der Waals surface area (Å²) in [7, 11) is 3.35. The topological polar surface area (TPSA) is 18.5 Å². The predicted molar refractivity (Wildman–Crippen MR) is 93.0 cm³/mol. The highest BCUT2D eigenvalue weighted by molar-refractivity contribution is 9.09. The van der Waals surface area contributed by atoms with Gasteiger partial charge < -0.3 is 9.47 Å². The lowest BCUT2D eigenvalue weighted by Crippen LogP contribution is -1.91. The number of fused-ring (bicyclic) bond motifs is 1. The van der Waals surface area contributed by atoms with Crippen molar-refractivity contribution in [3.05, 3.63) is 35.9 Å². The van der Waals surface area contributed by atoms with Crippen molar-refractivity contribution < 1.29 is 9.47 Å². The van der Waals surface area contributed by atoms with Crippen molar-refractivity contribution in [2.24, 2.45) is 0 Å². The molecule has 114 valence electrons. The van der Waals surface area contributed by atoms with Crippen LogP contribution in [0.3, 0.4) is 0 Å². The Labute approximate surface area is 135 Å². The second kappa shape index (κ2) is 8.28. The molecule has 0 unspecified atom stereocenters. The fourth-order valence-electron chi connectivity index (χ4n) is 2.56. The van der Waals surface area contributed by atoms with Crippen LogP contribution in [0.4, 0.5) is 0 Å². The van der Waals surface area contributed by atoms with E-state index in [4.69, 9.17) is 9.47 Å². The number of methoxy groups -OCH3 is 2. The van der Waals surface area contributed by atoms with E-state index in [1.54, 1.807) is 14.2 Å². The molecule has 0 spiro atoms. The molecule has 0 saturated carbocycles. The molecule has 2 rings (SSSR count). The fourth-order valence-corrected chi connectivity index (χ4v) is 2.95. The van der Waals surface area contributed by atoms with Crippen LogP contribution in [0.15, 0.2) is 30.3 Å². The number of hydrogen-bond acceptors (Lipinski definition) is 2. The summed E-state index contributed by atoms with van der Waals surface area (Å²) in [5, 5.41) is 3.52. The number of halogens is 1. The van der Waals surface area contributed by atoms with Gasteiger partial charge in [-0.3, -0.25) is 0 Å². The van der Waals surface area contributed by atoms with Crippen molar-refractivity contribution in [1.82, 2.24) is 0 Å². The second-order valence-corrected chi connectivity index (χ2v) is 6.03. The lowest BCUT2D eigenvalue weighted by Gasteiger charge is -2.10. The quantitative estimate of drug-likeness (QED) is 0.471. The molecule has 0 N–H and O–H groups in total. The van der Waals surface area contributed by atoms with Crippen molar-refractivity contribution in [1.29, 1.82) is 0 Å². The largest absolute Gasteiger partial charge is 0.493 e. The third-order valence-electron chi connectivity index (χ3n) is 3.76. The lowest BCUT2D eigenvalue weighted by molar-refractivity contribution is 0.356. The molecule has 0 aromatic heterocycles. The van der Waals surface area contributed by atoms with Crippen molar-refractivity contribution in [2.45, 2.75) is 32.1 Å². The molecule has 0 heterocycles. The van der Waals surface area contributed by atoms with Crippen LogP contribution < -0.4 is 9.47 Å². The highest BCUT2D eigenvalue weighted by atomic mass is 79.9. The lowest BCUT2D eigenvalue weighted by atomic mass is 10.0. The third kappa shape index (κ3) is 4.37. The fraction of sp³-hybridized carbons (Fsp3) is 0.444. The number of hydrogen-bond donors (Lipinski definition) is 0. The summed E-state index contributed by atoms with van der Waals surface area (Å²) < 4.78 is 10.7. The summed E-state index contributed by atoms with van der Waals surface area (Å²) in [6, 6.07) is 10.8. The molecule has 0 aliphatic heterocycles. The summed E-state index contributed by atoms with van der Waals surface area (Å²) in [5.41, 5.74) is 1.40. The Balaban J connectivity index is 2.09. The van der Waals surface area contributed by atoms with Crippen molar-refractivity contribution in [3.8, 4) is 11.5 Å². The normalized spacial score (nSPS) is 10.8. The van der Waals surface area contributed by atoms with Gasteiger partial charge in [-0.2, -0.15) is 0 Å². The van der Waals surface area contributed by atoms with Crippen molar-refractivity contribution in [3.63, 3.8) is 0 Å². The number of ether oxygens (including phenoxy) is 2. The number of benzene rings is 2. The van der Waals surface area contributed by atoms with Crippen LogP contribution in [0.2, 0.25) is 0 Å². The minimum absolute atomic E-state index is 0.785. The van der Waals surface area contributed by atoms with Gasteiger partial charge in [0.2, 0.25) is 0 Å². The van der Waals surface area contributed by atoms with Crippen LogP contribution in [0, 0.1) is 0 Å². The van der Waals surface area contributed by atoms with E-state index in [2.05, 4.69) is 40.2 Å². The van der Waals surface area contributed by atoms with Crippen LogP contribution in [-0.2, 0) is 6.42 Å². The Morgan fingerprint density at radius 3 is 2.14 bits per heavy atom. The predicted octanol–water partition coefficient (Wildman–Crippen LogP) is 5.35. The van der Waals surface area contributed by atoms with Crippen LogP contribution >= 0.6 is 15.9 Å². The van der Waals surface area contributed by atoms with Crippen LogP contribution in [-0.4, -0.2) is 19.5 Å². The van der Waals surface area contributed by atoms with E-state index in [0.717, 1.165) is 23.2 Å². The van der Waals surface area contributed by atoms with E-state index in [9.17, 15) is 0 Å². The zero-order chi connectivity index (χ0) is 15.1. The van der Waals surface area contributed by atoms with E-state index in [1.165, 1.54) is 42.0 Å². The molecular formula is C18H23BrO2. The summed E-state index contributed by atoms with van der Waals surface area (Å²) in [4.78, 5) is 0. The van der Waals surface area contributed by atoms with Crippen molar-refractivity contribution >= 4 is 26.7 Å². The van der Waals surface area contributed by atoms with E-state index in [1.807, 2.05) is 6.07 Å². The molecule has 2 aromatic rings. The van der Waals surface area contributed by atoms with Gasteiger partial charge in [-0.15, -0.1) is 0 Å². The number of rotatable bonds is 8. The molecule has 21 heavy (non-hydrogen) atoms. The van der Waals surface area contributed by atoms with E-state index in [0.29, 0.717) is 0 Å². The van der Waals surface area contributed by atoms with Crippen LogP contribution in [0.25, 0.3) is 10.8 Å². The van der Waals surface area contributed by atoms with E-state index < -0.39 is 0 Å². The first-order valence-electron chi connectivity index (χ1n) is 7.49. The Bertz CT molecular complexity index is 581. The monoisotopic (exact) mass is 350 g/mol. The summed E-state index contributed by atoms with van der Waals surface area (Å²) in [5.74, 6) is 1.58. The van der Waals surface area contributed by atoms with E-state index in [-0.39, 0.29) is 0 Å². The number of alkyl halides is 1. The minimum atomic E-state index is 0.785. The molecule has 0 amide bonds. The standard InChI is InChI=1S/C18H23BrO2/c1-20-17-12-15-9-8-14(7-5-3-4-6-10-19)11-16(15)13-18(17)21-2/h8-9,11-13H,3-7,10H2,1-2H3. The molecule has 2 nitrogen and oxygen atoms in total. The molecule has 2 aromatic carbocycles. The van der Waals surface area contributed by atoms with Gasteiger partial charge in [0.15, 0.2) is 11.5 Å². The molecular weight excluding hydrogens is 328 g/mol. The maximum atomic E-state index is 5.38. The molecule has 0 aliphatic carbocycles. The molecule has 0 bridgehead atoms. The smallest absolute Gasteiger partial charge is 0.161 e. The average Bonchev–Trinajstić information content (AvgIpc) is 2.53. The first-order chi connectivity index (χ1) is 10.3. The summed E-state index contributed by atoms with van der Waals surface area (Å²) in [6.45, 7) is 0. The molecule has 0 fully saturated rings. The van der Waals surface area contributed by atoms with Gasteiger partial charge in [-0.05, 0) is 47.7 Å². The third-order valence-corrected chi connectivity index (χ3v) is 4.32. The van der Waals surface area contributed by atoms with Gasteiger partial charge in [-0.25, -0.2) is 0 Å². The van der Waals surface area contributed by atoms with Gasteiger partial charge in [0.25, 0.3) is 0 Å². The Morgan fingerprint density at radius 2 is 1.48 bits per heavy atom. The maximum absolute atomic E-state index is 5.38. The molecule has 0 aliphatic rings. The maximum Gasteiger partial charge on any atom is 0.161 e. The molecule has 3 heteroatoms. The Kier molecular flexibility index (Phi) is 6.37. The summed E-state index contributed by atoms with van der Waals surface area (Å²) in [6.07, 6.45) is 6.28. The first kappa shape index (κ1) is 16.2. The first-order valence-corrected chi connectivity index (χ1v) is 8.61. The number of unbranched alkanes of at least 4 members (excludes halogenated alkanes) is 3.